The van der Waals surface area contributed by atoms with Gasteiger partial charge in [-0.2, -0.15) is 0 Å². The highest BCUT2D eigenvalue weighted by atomic mass is 32.1. The van der Waals surface area contributed by atoms with Gasteiger partial charge in [0.1, 0.15) is 11.3 Å². The lowest BCUT2D eigenvalue weighted by Gasteiger charge is -2.29. The van der Waals surface area contributed by atoms with Gasteiger partial charge in [-0.25, -0.2) is 4.90 Å². The monoisotopic (exact) mass is 487 g/mol. The third kappa shape index (κ3) is 4.51. The van der Waals surface area contributed by atoms with Gasteiger partial charge < -0.3 is 9.30 Å². The van der Waals surface area contributed by atoms with Gasteiger partial charge in [-0.05, 0) is 79.0 Å². The minimum Gasteiger partial charge on any atom is -0.495 e. The fraction of sp³-hybridized carbons (Fsp3) is 0.250. The number of methoxy groups -OCH3 is 1. The molecule has 0 aliphatic carbocycles. The molecule has 6 nitrogen and oxygen atoms in total. The van der Waals surface area contributed by atoms with E-state index < -0.39 is 11.8 Å². The van der Waals surface area contributed by atoms with Crippen molar-refractivity contribution >= 4 is 40.9 Å². The van der Waals surface area contributed by atoms with Gasteiger partial charge in [-0.15, -0.1) is 0 Å². The largest absolute Gasteiger partial charge is 0.495 e. The maximum absolute atomic E-state index is 13.5. The van der Waals surface area contributed by atoms with E-state index in [9.17, 15) is 9.59 Å². The molecule has 1 aliphatic heterocycles. The van der Waals surface area contributed by atoms with Gasteiger partial charge in [0, 0.05) is 17.1 Å². The number of benzene rings is 2. The molecule has 3 aromatic rings. The second kappa shape index (κ2) is 9.15. The van der Waals surface area contributed by atoms with Crippen molar-refractivity contribution in [3.8, 4) is 11.4 Å². The third-order valence-electron chi connectivity index (χ3n) is 6.19. The second-order valence-electron chi connectivity index (χ2n) is 9.59. The number of hydrogen-bond acceptors (Lipinski definition) is 4. The Kier molecular flexibility index (Phi) is 6.38. The Labute approximate surface area is 211 Å². The number of rotatable bonds is 4. The quantitative estimate of drug-likeness (QED) is 0.311. The van der Waals surface area contributed by atoms with Crippen LogP contribution in [-0.4, -0.2) is 28.6 Å². The zero-order valence-electron chi connectivity index (χ0n) is 20.8. The molecule has 2 aromatic carbocycles. The van der Waals surface area contributed by atoms with E-state index in [-0.39, 0.29) is 16.1 Å². The van der Waals surface area contributed by atoms with Gasteiger partial charge in [-0.3, -0.25) is 14.9 Å². The lowest BCUT2D eigenvalue weighted by atomic mass is 9.87. The Morgan fingerprint density at radius 1 is 1.00 bits per heavy atom. The molecule has 1 aliphatic rings. The normalized spacial score (nSPS) is 15.5. The van der Waals surface area contributed by atoms with Gasteiger partial charge in [0.05, 0.1) is 12.8 Å². The van der Waals surface area contributed by atoms with Gasteiger partial charge in [0.15, 0.2) is 5.11 Å². The van der Waals surface area contributed by atoms with E-state index in [1.165, 1.54) is 17.6 Å². The van der Waals surface area contributed by atoms with Crippen LogP contribution < -0.4 is 15.0 Å². The van der Waals surface area contributed by atoms with Crippen LogP contribution in [0.2, 0.25) is 0 Å². The predicted octanol–water partition coefficient (Wildman–Crippen LogP) is 5.23. The Hall–Kier alpha value is -3.71. The standard InChI is InChI=1S/C28H29N3O3S/c1-17-15-19(18(2)30(17)21-13-11-20(12-14-21)28(3,4)5)16-22-25(32)29-27(35)31(26(22)33)23-9-7-8-10-24(23)34-6/h7-16H,1-6H3,(H,29,32,35)/b22-16+. The molecule has 2 heterocycles. The van der Waals surface area contributed by atoms with E-state index in [0.29, 0.717) is 11.4 Å². The fourth-order valence-corrected chi connectivity index (χ4v) is 4.56. The maximum atomic E-state index is 13.5. The molecule has 180 valence electrons. The number of carbonyl (C=O) groups excluding carboxylic acids is 2. The summed E-state index contributed by atoms with van der Waals surface area (Å²) >= 11 is 5.33. The van der Waals surface area contributed by atoms with Gasteiger partial charge in [0.25, 0.3) is 11.8 Å². The van der Waals surface area contributed by atoms with E-state index in [0.717, 1.165) is 22.6 Å². The zero-order valence-corrected chi connectivity index (χ0v) is 21.6. The van der Waals surface area contributed by atoms with Crippen LogP contribution in [0.25, 0.3) is 11.8 Å². The summed E-state index contributed by atoms with van der Waals surface area (Å²) in [4.78, 5) is 27.6. The molecule has 2 amide bonds. The average Bonchev–Trinajstić information content (AvgIpc) is 3.09. The van der Waals surface area contributed by atoms with Crippen molar-refractivity contribution in [2.24, 2.45) is 0 Å². The van der Waals surface area contributed by atoms with E-state index in [2.05, 4.69) is 54.9 Å². The Morgan fingerprint density at radius 2 is 1.66 bits per heavy atom. The molecular weight excluding hydrogens is 458 g/mol. The molecule has 1 saturated heterocycles. The summed E-state index contributed by atoms with van der Waals surface area (Å²) in [5, 5.41) is 2.66. The van der Waals surface area contributed by atoms with Crippen LogP contribution in [0.15, 0.2) is 60.2 Å². The Morgan fingerprint density at radius 3 is 2.29 bits per heavy atom. The predicted molar refractivity (Wildman–Crippen MR) is 143 cm³/mol. The topological polar surface area (TPSA) is 63.6 Å². The number of para-hydroxylation sites is 2. The van der Waals surface area contributed by atoms with Crippen LogP contribution in [0.5, 0.6) is 5.75 Å². The van der Waals surface area contributed by atoms with Crippen molar-refractivity contribution in [1.29, 1.82) is 0 Å². The average molecular weight is 488 g/mol. The SMILES string of the molecule is COc1ccccc1N1C(=O)/C(=C/c2cc(C)n(-c3ccc(C(C)(C)C)cc3)c2C)C(=O)NC1=S. The molecule has 1 aromatic heterocycles. The molecule has 0 saturated carbocycles. The summed E-state index contributed by atoms with van der Waals surface area (Å²) < 4.78 is 7.52. The van der Waals surface area contributed by atoms with Crippen molar-refractivity contribution in [1.82, 2.24) is 9.88 Å². The van der Waals surface area contributed by atoms with E-state index in [1.54, 1.807) is 30.3 Å². The molecule has 7 heteroatoms. The summed E-state index contributed by atoms with van der Waals surface area (Å²) in [6.45, 7) is 10.5. The number of anilines is 1. The molecule has 0 unspecified atom stereocenters. The molecule has 4 rings (SSSR count). The van der Waals surface area contributed by atoms with Crippen LogP contribution in [0.3, 0.4) is 0 Å². The third-order valence-corrected chi connectivity index (χ3v) is 6.47. The van der Waals surface area contributed by atoms with Crippen molar-refractivity contribution in [3.05, 3.63) is 82.7 Å². The van der Waals surface area contributed by atoms with Crippen molar-refractivity contribution in [3.63, 3.8) is 0 Å². The van der Waals surface area contributed by atoms with Crippen molar-refractivity contribution in [2.75, 3.05) is 12.0 Å². The molecule has 35 heavy (non-hydrogen) atoms. The van der Waals surface area contributed by atoms with Crippen molar-refractivity contribution < 1.29 is 14.3 Å². The number of aryl methyl sites for hydroxylation is 1. The van der Waals surface area contributed by atoms with Gasteiger partial charge >= 0.3 is 0 Å². The number of thiocarbonyl (C=S) groups is 1. The van der Waals surface area contributed by atoms with Crippen LogP contribution in [0, 0.1) is 13.8 Å². The summed E-state index contributed by atoms with van der Waals surface area (Å²) in [6, 6.07) is 17.5. The zero-order chi connectivity index (χ0) is 25.5. The first-order chi connectivity index (χ1) is 16.5. The number of aromatic nitrogens is 1. The number of hydrogen-bond donors (Lipinski definition) is 1. The summed E-state index contributed by atoms with van der Waals surface area (Å²) in [6.07, 6.45) is 1.63. The number of nitrogens with zero attached hydrogens (tertiary/aromatic N) is 2. The molecule has 1 fully saturated rings. The van der Waals surface area contributed by atoms with Crippen LogP contribution in [-0.2, 0) is 15.0 Å². The molecule has 0 radical (unpaired) electrons. The minimum atomic E-state index is -0.523. The van der Waals surface area contributed by atoms with Gasteiger partial charge in [-0.1, -0.05) is 45.0 Å². The van der Waals surface area contributed by atoms with Crippen LogP contribution in [0.1, 0.15) is 43.3 Å². The summed E-state index contributed by atoms with van der Waals surface area (Å²) in [5.74, 6) is -0.538. The fourth-order valence-electron chi connectivity index (χ4n) is 4.29. The van der Waals surface area contributed by atoms with Crippen LogP contribution in [0.4, 0.5) is 5.69 Å². The molecule has 1 N–H and O–H groups in total. The highest BCUT2D eigenvalue weighted by Crippen LogP contribution is 2.32. The highest BCUT2D eigenvalue weighted by Gasteiger charge is 2.36. The first-order valence-corrected chi connectivity index (χ1v) is 11.8. The lowest BCUT2D eigenvalue weighted by Crippen LogP contribution is -2.54. The minimum absolute atomic E-state index is 0.00726. The summed E-state index contributed by atoms with van der Waals surface area (Å²) in [5.41, 5.74) is 5.53. The van der Waals surface area contributed by atoms with Crippen LogP contribution >= 0.6 is 12.2 Å². The maximum Gasteiger partial charge on any atom is 0.270 e. The molecule has 0 spiro atoms. The smallest absolute Gasteiger partial charge is 0.270 e. The Balaban J connectivity index is 1.74. The van der Waals surface area contributed by atoms with E-state index >= 15 is 0 Å². The van der Waals surface area contributed by atoms with E-state index in [1.807, 2.05) is 19.9 Å². The second-order valence-corrected chi connectivity index (χ2v) is 9.98. The first kappa shape index (κ1) is 24.4. The highest BCUT2D eigenvalue weighted by molar-refractivity contribution is 7.80. The summed E-state index contributed by atoms with van der Waals surface area (Å²) in [7, 11) is 1.52. The van der Waals surface area contributed by atoms with Crippen molar-refractivity contribution in [2.45, 2.75) is 40.0 Å². The first-order valence-electron chi connectivity index (χ1n) is 11.4. The lowest BCUT2D eigenvalue weighted by molar-refractivity contribution is -0.122. The number of carbonyl (C=O) groups is 2. The molecular formula is C28H29N3O3S. The number of nitrogens with one attached hydrogen (secondary N) is 1. The molecule has 0 bridgehead atoms. The Bertz CT molecular complexity index is 1360. The molecule has 0 atom stereocenters. The van der Waals surface area contributed by atoms with E-state index in [4.69, 9.17) is 17.0 Å². The number of amides is 2. The van der Waals surface area contributed by atoms with Gasteiger partial charge in [0.2, 0.25) is 0 Å². The number of ether oxygens (including phenoxy) is 1.